The number of aryl methyl sites for hydroxylation is 2. The minimum Gasteiger partial charge on any atom is -0.348 e. The molecule has 0 unspecified atom stereocenters. The van der Waals surface area contributed by atoms with E-state index >= 15 is 0 Å². The molecule has 0 aliphatic rings. The van der Waals surface area contributed by atoms with Crippen LogP contribution >= 0.6 is 0 Å². The molecule has 0 atom stereocenters. The molecule has 2 heterocycles. The summed E-state index contributed by atoms with van der Waals surface area (Å²) in [4.78, 5) is 7.09. The van der Waals surface area contributed by atoms with Crippen molar-refractivity contribution in [2.24, 2.45) is 7.05 Å². The molecule has 2 rings (SSSR count). The lowest BCUT2D eigenvalue weighted by Gasteiger charge is -2.04. The Balaban J connectivity index is 1.82. The number of aromatic amines is 1. The number of rotatable bonds is 5. The van der Waals surface area contributed by atoms with Crippen LogP contribution in [-0.4, -0.2) is 26.3 Å². The van der Waals surface area contributed by atoms with Crippen LogP contribution in [0.5, 0.6) is 0 Å². The third-order valence-corrected chi connectivity index (χ3v) is 3.09. The van der Waals surface area contributed by atoms with Gasteiger partial charge in [0.25, 0.3) is 0 Å². The van der Waals surface area contributed by atoms with Gasteiger partial charge < -0.3 is 10.3 Å². The Kier molecular flexibility index (Phi) is 3.58. The van der Waals surface area contributed by atoms with E-state index in [0.29, 0.717) is 0 Å². The molecule has 0 aliphatic heterocycles. The maximum Gasteiger partial charge on any atom is 0.0921 e. The lowest BCUT2D eigenvalue weighted by molar-refractivity contribution is 0.674. The zero-order valence-corrected chi connectivity index (χ0v) is 10.6. The van der Waals surface area contributed by atoms with Crippen molar-refractivity contribution in [3.8, 4) is 0 Å². The number of hydrogen-bond acceptors (Lipinski definition) is 3. The molecule has 0 saturated heterocycles. The Morgan fingerprint density at radius 2 is 2.24 bits per heavy atom. The molecule has 0 aromatic carbocycles. The Hall–Kier alpha value is -1.62. The van der Waals surface area contributed by atoms with E-state index < -0.39 is 0 Å². The molecule has 0 saturated carbocycles. The van der Waals surface area contributed by atoms with Crippen molar-refractivity contribution in [3.05, 3.63) is 35.2 Å². The van der Waals surface area contributed by atoms with Gasteiger partial charge in [0, 0.05) is 49.7 Å². The minimum absolute atomic E-state index is 0.875. The number of imidazole rings is 1. The topological polar surface area (TPSA) is 58.5 Å². The maximum absolute atomic E-state index is 4.40. The van der Waals surface area contributed by atoms with Crippen molar-refractivity contribution in [1.82, 2.24) is 25.1 Å². The van der Waals surface area contributed by atoms with E-state index in [-0.39, 0.29) is 0 Å². The van der Waals surface area contributed by atoms with Gasteiger partial charge in [-0.1, -0.05) is 0 Å². The van der Waals surface area contributed by atoms with Gasteiger partial charge in [-0.25, -0.2) is 4.98 Å². The smallest absolute Gasteiger partial charge is 0.0921 e. The highest BCUT2D eigenvalue weighted by atomic mass is 15.3. The molecule has 92 valence electrons. The standard InChI is InChI=1S/C12H19N5/c1-9-12(10(2)17(3)16-9)7-13-5-4-11-6-14-8-15-11/h6,8,13H,4-5,7H2,1-3H3,(H,14,15). The summed E-state index contributed by atoms with van der Waals surface area (Å²) < 4.78 is 1.93. The summed E-state index contributed by atoms with van der Waals surface area (Å²) in [7, 11) is 1.98. The molecule has 2 aromatic heterocycles. The van der Waals surface area contributed by atoms with Crippen molar-refractivity contribution >= 4 is 0 Å². The third kappa shape index (κ3) is 2.74. The fraction of sp³-hybridized carbons (Fsp3) is 0.500. The minimum atomic E-state index is 0.875. The molecule has 0 radical (unpaired) electrons. The number of hydrogen-bond donors (Lipinski definition) is 2. The highest BCUT2D eigenvalue weighted by molar-refractivity contribution is 5.23. The first-order chi connectivity index (χ1) is 8.18. The Morgan fingerprint density at radius 3 is 2.82 bits per heavy atom. The average Bonchev–Trinajstić information content (AvgIpc) is 2.87. The van der Waals surface area contributed by atoms with Crippen LogP contribution in [0.25, 0.3) is 0 Å². The van der Waals surface area contributed by atoms with Crippen molar-refractivity contribution in [2.45, 2.75) is 26.8 Å². The van der Waals surface area contributed by atoms with Gasteiger partial charge in [0.1, 0.15) is 0 Å². The predicted molar refractivity (Wildman–Crippen MR) is 66.7 cm³/mol. The normalized spacial score (nSPS) is 11.0. The molecule has 0 bridgehead atoms. The van der Waals surface area contributed by atoms with Crippen LogP contribution < -0.4 is 5.32 Å². The molecule has 0 spiro atoms. The molecule has 0 fully saturated rings. The molecule has 0 amide bonds. The van der Waals surface area contributed by atoms with Crippen molar-refractivity contribution in [1.29, 1.82) is 0 Å². The molecule has 0 aliphatic carbocycles. The van der Waals surface area contributed by atoms with E-state index in [1.165, 1.54) is 11.3 Å². The summed E-state index contributed by atoms with van der Waals surface area (Å²) in [6.45, 7) is 5.97. The maximum atomic E-state index is 4.40. The number of H-pyrrole nitrogens is 1. The zero-order valence-electron chi connectivity index (χ0n) is 10.6. The lowest BCUT2D eigenvalue weighted by atomic mass is 10.2. The van der Waals surface area contributed by atoms with Crippen LogP contribution in [0.4, 0.5) is 0 Å². The molecule has 2 aromatic rings. The molecular weight excluding hydrogens is 214 g/mol. The van der Waals surface area contributed by atoms with Crippen LogP contribution in [0.15, 0.2) is 12.5 Å². The predicted octanol–water partition coefficient (Wildman–Crippen LogP) is 1.09. The summed E-state index contributed by atoms with van der Waals surface area (Å²) in [6.07, 6.45) is 4.55. The SMILES string of the molecule is Cc1nn(C)c(C)c1CNCCc1cnc[nH]1. The summed E-state index contributed by atoms with van der Waals surface area (Å²) >= 11 is 0. The number of nitrogens with zero attached hydrogens (tertiary/aromatic N) is 3. The average molecular weight is 233 g/mol. The second kappa shape index (κ2) is 5.14. The fourth-order valence-corrected chi connectivity index (χ4v) is 1.93. The van der Waals surface area contributed by atoms with Crippen LogP contribution in [0.3, 0.4) is 0 Å². The summed E-state index contributed by atoms with van der Waals surface area (Å²) in [5.41, 5.74) is 4.81. The van der Waals surface area contributed by atoms with Gasteiger partial charge in [0.2, 0.25) is 0 Å². The molecule has 5 heteroatoms. The number of aromatic nitrogens is 4. The van der Waals surface area contributed by atoms with Crippen LogP contribution in [0.2, 0.25) is 0 Å². The van der Waals surface area contributed by atoms with Crippen molar-refractivity contribution in [2.75, 3.05) is 6.54 Å². The van der Waals surface area contributed by atoms with Gasteiger partial charge in [0.05, 0.1) is 12.0 Å². The van der Waals surface area contributed by atoms with E-state index in [0.717, 1.165) is 30.9 Å². The summed E-state index contributed by atoms with van der Waals surface area (Å²) in [5, 5.41) is 7.83. The monoisotopic (exact) mass is 233 g/mol. The van der Waals surface area contributed by atoms with E-state index in [1.54, 1.807) is 6.33 Å². The fourth-order valence-electron chi connectivity index (χ4n) is 1.93. The Labute approximate surface area is 101 Å². The molecule has 2 N–H and O–H groups in total. The van der Waals surface area contributed by atoms with Gasteiger partial charge >= 0.3 is 0 Å². The summed E-state index contributed by atoms with van der Waals surface area (Å²) in [5.74, 6) is 0. The first-order valence-electron chi connectivity index (χ1n) is 5.85. The second-order valence-electron chi connectivity index (χ2n) is 4.28. The van der Waals surface area contributed by atoms with E-state index in [2.05, 4.69) is 34.2 Å². The summed E-state index contributed by atoms with van der Waals surface area (Å²) in [6, 6.07) is 0. The second-order valence-corrected chi connectivity index (χ2v) is 4.28. The Morgan fingerprint density at radius 1 is 1.41 bits per heavy atom. The van der Waals surface area contributed by atoms with E-state index in [9.17, 15) is 0 Å². The first-order valence-corrected chi connectivity index (χ1v) is 5.85. The van der Waals surface area contributed by atoms with Crippen molar-refractivity contribution < 1.29 is 0 Å². The highest BCUT2D eigenvalue weighted by Gasteiger charge is 2.08. The zero-order chi connectivity index (χ0) is 12.3. The van der Waals surface area contributed by atoms with Crippen molar-refractivity contribution in [3.63, 3.8) is 0 Å². The largest absolute Gasteiger partial charge is 0.348 e. The van der Waals surface area contributed by atoms with Gasteiger partial charge in [-0.3, -0.25) is 4.68 Å². The lowest BCUT2D eigenvalue weighted by Crippen LogP contribution is -2.17. The molecule has 5 nitrogen and oxygen atoms in total. The molecule has 17 heavy (non-hydrogen) atoms. The van der Waals surface area contributed by atoms with Crippen LogP contribution in [0.1, 0.15) is 22.6 Å². The van der Waals surface area contributed by atoms with E-state index in [1.807, 2.05) is 17.9 Å². The quantitative estimate of drug-likeness (QED) is 0.760. The van der Waals surface area contributed by atoms with Crippen LogP contribution in [-0.2, 0) is 20.0 Å². The third-order valence-electron chi connectivity index (χ3n) is 3.09. The first kappa shape index (κ1) is 11.9. The molecular formula is C12H19N5. The number of nitrogens with one attached hydrogen (secondary N) is 2. The van der Waals surface area contributed by atoms with Gasteiger partial charge in [-0.2, -0.15) is 5.10 Å². The van der Waals surface area contributed by atoms with E-state index in [4.69, 9.17) is 0 Å². The van der Waals surface area contributed by atoms with Gasteiger partial charge in [0.15, 0.2) is 0 Å². The highest BCUT2D eigenvalue weighted by Crippen LogP contribution is 2.10. The van der Waals surface area contributed by atoms with Gasteiger partial charge in [-0.15, -0.1) is 0 Å². The van der Waals surface area contributed by atoms with Gasteiger partial charge in [-0.05, 0) is 13.8 Å². The Bertz CT molecular complexity index is 469. The van der Waals surface area contributed by atoms with Crippen LogP contribution in [0, 0.1) is 13.8 Å².